The van der Waals surface area contributed by atoms with Crippen molar-refractivity contribution in [2.45, 2.75) is 31.2 Å². The van der Waals surface area contributed by atoms with Crippen LogP contribution in [-0.2, 0) is 16.6 Å². The van der Waals surface area contributed by atoms with Gasteiger partial charge in [0.15, 0.2) is 0 Å². The molecular weight excluding hydrogens is 319 g/mol. The van der Waals surface area contributed by atoms with E-state index >= 15 is 0 Å². The van der Waals surface area contributed by atoms with E-state index in [0.29, 0.717) is 29.6 Å². The summed E-state index contributed by atoms with van der Waals surface area (Å²) >= 11 is 12.0. The number of rotatable bonds is 3. The van der Waals surface area contributed by atoms with Crippen molar-refractivity contribution in [1.29, 1.82) is 0 Å². The molecule has 0 unspecified atom stereocenters. The SMILES string of the molecule is CC1CCN(S(=O)(=O)c2cc(CN)c(Cl)cc2Cl)CC1. The number of hydrogen-bond donors (Lipinski definition) is 1. The fraction of sp³-hybridized carbons (Fsp3) is 0.538. The molecule has 0 spiro atoms. The minimum absolute atomic E-state index is 0.0959. The van der Waals surface area contributed by atoms with Gasteiger partial charge in [0.2, 0.25) is 10.0 Å². The van der Waals surface area contributed by atoms with Crippen LogP contribution in [0.4, 0.5) is 0 Å². The highest BCUT2D eigenvalue weighted by molar-refractivity contribution is 7.89. The van der Waals surface area contributed by atoms with Gasteiger partial charge in [-0.25, -0.2) is 8.42 Å². The third kappa shape index (κ3) is 3.12. The predicted molar refractivity (Wildman–Crippen MR) is 81.5 cm³/mol. The second-order valence-electron chi connectivity index (χ2n) is 5.16. The van der Waals surface area contributed by atoms with Crippen LogP contribution >= 0.6 is 23.2 Å². The fourth-order valence-corrected chi connectivity index (χ4v) is 4.61. The van der Waals surface area contributed by atoms with Crippen LogP contribution in [0.15, 0.2) is 17.0 Å². The molecule has 0 aliphatic carbocycles. The maximum absolute atomic E-state index is 12.7. The third-order valence-electron chi connectivity index (χ3n) is 3.68. The Morgan fingerprint density at radius 3 is 2.40 bits per heavy atom. The van der Waals surface area contributed by atoms with E-state index < -0.39 is 10.0 Å². The quantitative estimate of drug-likeness (QED) is 0.922. The molecule has 112 valence electrons. The van der Waals surface area contributed by atoms with Gasteiger partial charge in [0.05, 0.1) is 5.02 Å². The van der Waals surface area contributed by atoms with Gasteiger partial charge in [-0.15, -0.1) is 0 Å². The highest BCUT2D eigenvalue weighted by Crippen LogP contribution is 2.32. The van der Waals surface area contributed by atoms with Gasteiger partial charge in [0.1, 0.15) is 4.90 Å². The molecule has 1 aromatic rings. The molecule has 7 heteroatoms. The second kappa shape index (κ2) is 6.20. The zero-order valence-electron chi connectivity index (χ0n) is 11.3. The number of piperidine rings is 1. The van der Waals surface area contributed by atoms with E-state index in [1.165, 1.54) is 16.4 Å². The average molecular weight is 337 g/mol. The Morgan fingerprint density at radius 1 is 1.25 bits per heavy atom. The number of benzene rings is 1. The summed E-state index contributed by atoms with van der Waals surface area (Å²) in [5.74, 6) is 0.557. The third-order valence-corrected chi connectivity index (χ3v) is 6.40. The fourth-order valence-electron chi connectivity index (χ4n) is 2.29. The van der Waals surface area contributed by atoms with Crippen molar-refractivity contribution < 1.29 is 8.42 Å². The Morgan fingerprint density at radius 2 is 1.85 bits per heavy atom. The van der Waals surface area contributed by atoms with Crippen LogP contribution in [0.3, 0.4) is 0 Å². The molecule has 0 aromatic heterocycles. The van der Waals surface area contributed by atoms with E-state index in [2.05, 4.69) is 6.92 Å². The largest absolute Gasteiger partial charge is 0.326 e. The number of halogens is 2. The summed E-state index contributed by atoms with van der Waals surface area (Å²) in [4.78, 5) is 0.0959. The second-order valence-corrected chi connectivity index (χ2v) is 7.89. The Bertz CT molecular complexity index is 597. The standard InChI is InChI=1S/C13H18Cl2N2O2S/c1-9-2-4-17(5-3-9)20(18,19)13-6-10(8-16)11(14)7-12(13)15/h6-7,9H,2-5,8,16H2,1H3. The van der Waals surface area contributed by atoms with Crippen molar-refractivity contribution in [1.82, 2.24) is 4.31 Å². The molecule has 1 fully saturated rings. The molecule has 2 rings (SSSR count). The van der Waals surface area contributed by atoms with Crippen molar-refractivity contribution >= 4 is 33.2 Å². The van der Waals surface area contributed by atoms with Gasteiger partial charge >= 0.3 is 0 Å². The molecule has 1 aliphatic rings. The lowest BCUT2D eigenvalue weighted by atomic mass is 10.0. The maximum Gasteiger partial charge on any atom is 0.244 e. The summed E-state index contributed by atoms with van der Waals surface area (Å²) in [6, 6.07) is 2.93. The molecule has 1 heterocycles. The molecule has 1 aromatic carbocycles. The van der Waals surface area contributed by atoms with E-state index in [1.807, 2.05) is 0 Å². The van der Waals surface area contributed by atoms with Crippen LogP contribution in [-0.4, -0.2) is 25.8 Å². The van der Waals surface area contributed by atoms with Gasteiger partial charge in [-0.3, -0.25) is 0 Å². The highest BCUT2D eigenvalue weighted by atomic mass is 35.5. The highest BCUT2D eigenvalue weighted by Gasteiger charge is 2.30. The Kier molecular flexibility index (Phi) is 4.97. The molecule has 0 saturated carbocycles. The van der Waals surface area contributed by atoms with E-state index in [-0.39, 0.29) is 16.5 Å². The van der Waals surface area contributed by atoms with Crippen LogP contribution < -0.4 is 5.73 Å². The molecule has 0 radical (unpaired) electrons. The number of sulfonamides is 1. The van der Waals surface area contributed by atoms with E-state index in [1.54, 1.807) is 0 Å². The van der Waals surface area contributed by atoms with Crippen LogP contribution in [0.1, 0.15) is 25.3 Å². The van der Waals surface area contributed by atoms with Gasteiger partial charge in [0, 0.05) is 24.7 Å². The molecule has 0 bridgehead atoms. The molecular formula is C13H18Cl2N2O2S. The van der Waals surface area contributed by atoms with Crippen LogP contribution in [0.5, 0.6) is 0 Å². The Hall–Kier alpha value is -0.330. The lowest BCUT2D eigenvalue weighted by Gasteiger charge is -2.29. The molecule has 4 nitrogen and oxygen atoms in total. The predicted octanol–water partition coefficient (Wildman–Crippen LogP) is 2.87. The first kappa shape index (κ1) is 16.0. The summed E-state index contributed by atoms with van der Waals surface area (Å²) in [7, 11) is -3.58. The van der Waals surface area contributed by atoms with Crippen molar-refractivity contribution in [3.63, 3.8) is 0 Å². The first-order chi connectivity index (χ1) is 9.36. The lowest BCUT2D eigenvalue weighted by Crippen LogP contribution is -2.38. The summed E-state index contributed by atoms with van der Waals surface area (Å²) in [6.07, 6.45) is 1.74. The van der Waals surface area contributed by atoms with Gasteiger partial charge in [-0.05, 0) is 36.5 Å². The van der Waals surface area contributed by atoms with Crippen molar-refractivity contribution in [3.05, 3.63) is 27.7 Å². The first-order valence-electron chi connectivity index (χ1n) is 6.54. The van der Waals surface area contributed by atoms with Crippen LogP contribution in [0.2, 0.25) is 10.0 Å². The van der Waals surface area contributed by atoms with Crippen LogP contribution in [0.25, 0.3) is 0 Å². The van der Waals surface area contributed by atoms with E-state index in [9.17, 15) is 8.42 Å². The topological polar surface area (TPSA) is 63.4 Å². The van der Waals surface area contributed by atoms with E-state index in [4.69, 9.17) is 28.9 Å². The lowest BCUT2D eigenvalue weighted by molar-refractivity contribution is 0.288. The number of nitrogens with two attached hydrogens (primary N) is 1. The van der Waals surface area contributed by atoms with Crippen molar-refractivity contribution in [3.8, 4) is 0 Å². The molecule has 20 heavy (non-hydrogen) atoms. The first-order valence-corrected chi connectivity index (χ1v) is 8.74. The van der Waals surface area contributed by atoms with Crippen molar-refractivity contribution in [2.75, 3.05) is 13.1 Å². The molecule has 1 saturated heterocycles. The molecule has 0 amide bonds. The van der Waals surface area contributed by atoms with Crippen LogP contribution in [0, 0.1) is 5.92 Å². The summed E-state index contributed by atoms with van der Waals surface area (Å²) in [5.41, 5.74) is 6.16. The Balaban J connectivity index is 2.39. The van der Waals surface area contributed by atoms with E-state index in [0.717, 1.165) is 12.8 Å². The Labute approximate surface area is 129 Å². The smallest absolute Gasteiger partial charge is 0.244 e. The minimum Gasteiger partial charge on any atom is -0.326 e. The zero-order chi connectivity index (χ0) is 14.9. The summed E-state index contributed by atoms with van der Waals surface area (Å²) in [6.45, 7) is 3.36. The summed E-state index contributed by atoms with van der Waals surface area (Å²) < 4.78 is 26.8. The zero-order valence-corrected chi connectivity index (χ0v) is 13.6. The van der Waals surface area contributed by atoms with Gasteiger partial charge in [-0.1, -0.05) is 30.1 Å². The number of hydrogen-bond acceptors (Lipinski definition) is 3. The van der Waals surface area contributed by atoms with Gasteiger partial charge < -0.3 is 5.73 Å². The minimum atomic E-state index is -3.58. The van der Waals surface area contributed by atoms with Gasteiger partial charge in [0.25, 0.3) is 0 Å². The molecule has 2 N–H and O–H groups in total. The molecule has 1 aliphatic heterocycles. The number of nitrogens with zero attached hydrogens (tertiary/aromatic N) is 1. The normalized spacial score (nSPS) is 18.4. The van der Waals surface area contributed by atoms with Gasteiger partial charge in [-0.2, -0.15) is 4.31 Å². The molecule has 0 atom stereocenters. The maximum atomic E-state index is 12.7. The average Bonchev–Trinajstić information content (AvgIpc) is 2.39. The summed E-state index contributed by atoms with van der Waals surface area (Å²) in [5, 5.41) is 0.537. The monoisotopic (exact) mass is 336 g/mol. The van der Waals surface area contributed by atoms with Crippen molar-refractivity contribution in [2.24, 2.45) is 11.7 Å².